The van der Waals surface area contributed by atoms with E-state index in [9.17, 15) is 0 Å². The molecule has 0 unspecified atom stereocenters. The fourth-order valence-corrected chi connectivity index (χ4v) is 4.25. The zero-order valence-electron chi connectivity index (χ0n) is 19.7. The Kier molecular flexibility index (Phi) is 7.20. The van der Waals surface area contributed by atoms with E-state index in [-0.39, 0.29) is 0 Å². The van der Waals surface area contributed by atoms with Crippen LogP contribution in [0.3, 0.4) is 0 Å². The Morgan fingerprint density at radius 3 is 2.52 bits per heavy atom. The van der Waals surface area contributed by atoms with Crippen LogP contribution in [0.15, 0.2) is 73.8 Å². The van der Waals surface area contributed by atoms with E-state index in [1.54, 1.807) is 0 Å². The number of likely N-dealkylation sites (tertiary alicyclic amines) is 1. The Labute approximate surface area is 197 Å². The normalized spacial score (nSPS) is 14.0. The SMILES string of the molecule is C=C(Nc1ccc(C)nc1)C(=C)c1cc(-c2cncc(CN3CCCCC3)c2)ccc1NC. The zero-order chi connectivity index (χ0) is 23.2. The number of anilines is 2. The van der Waals surface area contributed by atoms with E-state index in [2.05, 4.69) is 62.9 Å². The summed E-state index contributed by atoms with van der Waals surface area (Å²) >= 11 is 0. The molecule has 5 nitrogen and oxygen atoms in total. The number of hydrogen-bond acceptors (Lipinski definition) is 5. The van der Waals surface area contributed by atoms with E-state index in [1.807, 2.05) is 44.7 Å². The monoisotopic (exact) mass is 439 g/mol. The molecule has 1 aliphatic rings. The van der Waals surface area contributed by atoms with Gasteiger partial charge in [0.05, 0.1) is 11.9 Å². The van der Waals surface area contributed by atoms with Gasteiger partial charge in [-0.1, -0.05) is 25.6 Å². The van der Waals surface area contributed by atoms with Crippen LogP contribution in [-0.2, 0) is 6.54 Å². The predicted octanol–water partition coefficient (Wildman–Crippen LogP) is 6.12. The maximum Gasteiger partial charge on any atom is 0.0570 e. The minimum absolute atomic E-state index is 0.742. The molecule has 5 heteroatoms. The van der Waals surface area contributed by atoms with Crippen molar-refractivity contribution in [2.75, 3.05) is 30.8 Å². The Morgan fingerprint density at radius 1 is 0.970 bits per heavy atom. The molecular weight excluding hydrogens is 406 g/mol. The summed E-state index contributed by atoms with van der Waals surface area (Å²) in [4.78, 5) is 11.4. The molecule has 3 aromatic rings. The molecule has 0 amide bonds. The van der Waals surface area contributed by atoms with Crippen molar-refractivity contribution in [3.8, 4) is 11.1 Å². The standard InChI is InChI=1S/C28H33N5/c1-20-8-10-26(18-31-20)32-22(3)21(2)27-15-24(9-11-28(27)29-4)25-14-23(16-30-17-25)19-33-12-6-5-7-13-33/h8-11,14-18,29,32H,2-3,5-7,12-13,19H2,1,4H3. The third-order valence-electron chi connectivity index (χ3n) is 6.17. The molecule has 1 aliphatic heterocycles. The van der Waals surface area contributed by atoms with Crippen LogP contribution in [0, 0.1) is 6.92 Å². The van der Waals surface area contributed by atoms with Crippen molar-refractivity contribution >= 4 is 16.9 Å². The number of allylic oxidation sites excluding steroid dienone is 1. The van der Waals surface area contributed by atoms with Gasteiger partial charge in [0.1, 0.15) is 0 Å². The molecule has 0 saturated carbocycles. The van der Waals surface area contributed by atoms with Gasteiger partial charge in [-0.2, -0.15) is 0 Å². The molecule has 1 saturated heterocycles. The van der Waals surface area contributed by atoms with Crippen molar-refractivity contribution in [1.82, 2.24) is 14.9 Å². The van der Waals surface area contributed by atoms with Gasteiger partial charge in [-0.05, 0) is 79.9 Å². The molecule has 0 bridgehead atoms. The van der Waals surface area contributed by atoms with E-state index in [0.29, 0.717) is 0 Å². The van der Waals surface area contributed by atoms with E-state index < -0.39 is 0 Å². The first kappa shape index (κ1) is 22.7. The predicted molar refractivity (Wildman–Crippen MR) is 139 cm³/mol. The Hall–Kier alpha value is -3.44. The van der Waals surface area contributed by atoms with Gasteiger partial charge in [0.25, 0.3) is 0 Å². The van der Waals surface area contributed by atoms with E-state index in [0.717, 1.165) is 51.6 Å². The molecule has 170 valence electrons. The lowest BCUT2D eigenvalue weighted by Gasteiger charge is -2.26. The zero-order valence-corrected chi connectivity index (χ0v) is 19.7. The summed E-state index contributed by atoms with van der Waals surface area (Å²) in [7, 11) is 1.92. The van der Waals surface area contributed by atoms with Crippen LogP contribution in [0.2, 0.25) is 0 Å². The summed E-state index contributed by atoms with van der Waals surface area (Å²) < 4.78 is 0. The second kappa shape index (κ2) is 10.5. The number of aromatic nitrogens is 2. The lowest BCUT2D eigenvalue weighted by Crippen LogP contribution is -2.29. The number of nitrogens with zero attached hydrogens (tertiary/aromatic N) is 3. The molecule has 0 radical (unpaired) electrons. The average molecular weight is 440 g/mol. The quantitative estimate of drug-likeness (QED) is 0.414. The van der Waals surface area contributed by atoms with Gasteiger partial charge < -0.3 is 10.6 Å². The van der Waals surface area contributed by atoms with Crippen molar-refractivity contribution in [3.63, 3.8) is 0 Å². The second-order valence-electron chi connectivity index (χ2n) is 8.70. The first-order valence-electron chi connectivity index (χ1n) is 11.6. The summed E-state index contributed by atoms with van der Waals surface area (Å²) in [5, 5.41) is 6.61. The smallest absolute Gasteiger partial charge is 0.0570 e. The highest BCUT2D eigenvalue weighted by Gasteiger charge is 2.13. The van der Waals surface area contributed by atoms with Crippen molar-refractivity contribution < 1.29 is 0 Å². The largest absolute Gasteiger partial charge is 0.388 e. The number of pyridine rings is 2. The highest BCUT2D eigenvalue weighted by molar-refractivity contribution is 5.88. The Balaban J connectivity index is 1.56. The van der Waals surface area contributed by atoms with Gasteiger partial charge in [0, 0.05) is 54.2 Å². The van der Waals surface area contributed by atoms with Gasteiger partial charge >= 0.3 is 0 Å². The number of rotatable bonds is 8. The highest BCUT2D eigenvalue weighted by Crippen LogP contribution is 2.32. The van der Waals surface area contributed by atoms with Gasteiger partial charge in [0.2, 0.25) is 0 Å². The van der Waals surface area contributed by atoms with Crippen LogP contribution in [0.25, 0.3) is 16.7 Å². The van der Waals surface area contributed by atoms with Crippen LogP contribution in [0.5, 0.6) is 0 Å². The Morgan fingerprint density at radius 2 is 1.79 bits per heavy atom. The Bertz CT molecular complexity index is 1130. The molecule has 1 fully saturated rings. The fourth-order valence-electron chi connectivity index (χ4n) is 4.25. The number of piperidine rings is 1. The maximum absolute atomic E-state index is 4.54. The lowest BCUT2D eigenvalue weighted by atomic mass is 9.96. The molecule has 4 rings (SSSR count). The van der Waals surface area contributed by atoms with Crippen LogP contribution in [0.4, 0.5) is 11.4 Å². The van der Waals surface area contributed by atoms with Gasteiger partial charge in [-0.3, -0.25) is 14.9 Å². The summed E-state index contributed by atoms with van der Waals surface area (Å²) in [5.74, 6) is 0. The molecule has 33 heavy (non-hydrogen) atoms. The molecule has 0 atom stereocenters. The minimum atomic E-state index is 0.742. The van der Waals surface area contributed by atoms with Crippen LogP contribution < -0.4 is 10.6 Å². The summed E-state index contributed by atoms with van der Waals surface area (Å²) in [6.07, 6.45) is 9.66. The number of hydrogen-bond donors (Lipinski definition) is 2. The third-order valence-corrected chi connectivity index (χ3v) is 6.17. The molecule has 3 heterocycles. The van der Waals surface area contributed by atoms with Gasteiger partial charge in [0.15, 0.2) is 0 Å². The van der Waals surface area contributed by atoms with Gasteiger partial charge in [-0.15, -0.1) is 0 Å². The van der Waals surface area contributed by atoms with Crippen LogP contribution >= 0.6 is 0 Å². The molecule has 2 N–H and O–H groups in total. The van der Waals surface area contributed by atoms with E-state index in [1.165, 1.54) is 37.9 Å². The summed E-state index contributed by atoms with van der Waals surface area (Å²) in [6, 6.07) is 12.6. The number of nitrogens with one attached hydrogen (secondary N) is 2. The van der Waals surface area contributed by atoms with E-state index >= 15 is 0 Å². The van der Waals surface area contributed by atoms with Crippen molar-refractivity contribution in [3.05, 3.63) is 90.7 Å². The van der Waals surface area contributed by atoms with Crippen molar-refractivity contribution in [1.29, 1.82) is 0 Å². The van der Waals surface area contributed by atoms with Crippen LogP contribution in [-0.4, -0.2) is 35.0 Å². The second-order valence-corrected chi connectivity index (χ2v) is 8.70. The van der Waals surface area contributed by atoms with Gasteiger partial charge in [-0.25, -0.2) is 0 Å². The van der Waals surface area contributed by atoms with Crippen molar-refractivity contribution in [2.24, 2.45) is 0 Å². The maximum atomic E-state index is 4.54. The third kappa shape index (κ3) is 5.68. The first-order chi connectivity index (χ1) is 16.0. The van der Waals surface area contributed by atoms with Crippen molar-refractivity contribution in [2.45, 2.75) is 32.7 Å². The lowest BCUT2D eigenvalue weighted by molar-refractivity contribution is 0.220. The molecule has 2 aromatic heterocycles. The molecule has 1 aromatic carbocycles. The average Bonchev–Trinajstić information content (AvgIpc) is 2.85. The summed E-state index contributed by atoms with van der Waals surface area (Å²) in [5.41, 5.74) is 8.94. The fraction of sp³-hybridized carbons (Fsp3) is 0.286. The number of benzene rings is 1. The summed E-state index contributed by atoms with van der Waals surface area (Å²) in [6.45, 7) is 13.8. The number of aryl methyl sites for hydroxylation is 1. The molecule has 0 spiro atoms. The first-order valence-corrected chi connectivity index (χ1v) is 11.6. The topological polar surface area (TPSA) is 53.1 Å². The molecule has 0 aliphatic carbocycles. The van der Waals surface area contributed by atoms with E-state index in [4.69, 9.17) is 0 Å². The van der Waals surface area contributed by atoms with Crippen LogP contribution in [0.1, 0.15) is 36.1 Å². The highest BCUT2D eigenvalue weighted by atomic mass is 15.1. The molecular formula is C28H33N5. The minimum Gasteiger partial charge on any atom is -0.388 e.